The fourth-order valence-electron chi connectivity index (χ4n) is 4.72. The van der Waals surface area contributed by atoms with Gasteiger partial charge >= 0.3 is 6.18 Å². The molecule has 0 unspecified atom stereocenters. The number of rotatable bonds is 8. The van der Waals surface area contributed by atoms with Crippen molar-refractivity contribution in [1.29, 1.82) is 5.26 Å². The lowest BCUT2D eigenvalue weighted by Crippen LogP contribution is -2.43. The topological polar surface area (TPSA) is 62.6 Å². The van der Waals surface area contributed by atoms with Gasteiger partial charge in [-0.3, -0.25) is 4.79 Å². The highest BCUT2D eigenvalue weighted by molar-refractivity contribution is 7.97. The number of nitriles is 1. The number of nitrogens with one attached hydrogen (secondary N) is 1. The third kappa shape index (κ3) is 7.71. The number of likely N-dealkylation sites (tertiary alicyclic amines) is 1. The molecule has 1 N–H and O–H groups in total. The van der Waals surface area contributed by atoms with Gasteiger partial charge in [-0.25, -0.2) is 4.31 Å². The third-order valence-corrected chi connectivity index (χ3v) is 8.43. The van der Waals surface area contributed by atoms with Gasteiger partial charge in [0.15, 0.2) is 0 Å². The predicted octanol–water partition coefficient (Wildman–Crippen LogP) is 5.88. The first-order chi connectivity index (χ1) is 18.2. The van der Waals surface area contributed by atoms with E-state index >= 15 is 0 Å². The van der Waals surface area contributed by atoms with E-state index in [1.807, 2.05) is 11.0 Å². The smallest absolute Gasteiger partial charge is 0.382 e. The molecular formula is C27H31ClF3N5OS. The van der Waals surface area contributed by atoms with Crippen molar-refractivity contribution in [2.45, 2.75) is 37.9 Å². The van der Waals surface area contributed by atoms with Crippen LogP contribution in [0.4, 0.5) is 24.5 Å². The molecule has 0 radical (unpaired) electrons. The second kappa shape index (κ2) is 13.0. The van der Waals surface area contributed by atoms with E-state index in [0.717, 1.165) is 87.8 Å². The molecule has 2 fully saturated rings. The van der Waals surface area contributed by atoms with Crippen LogP contribution in [0.1, 0.15) is 36.8 Å². The molecule has 2 aliphatic rings. The highest BCUT2D eigenvalue weighted by Crippen LogP contribution is 2.31. The van der Waals surface area contributed by atoms with Crippen LogP contribution in [-0.2, 0) is 11.0 Å². The van der Waals surface area contributed by atoms with Gasteiger partial charge in [0.05, 0.1) is 16.1 Å². The molecule has 2 saturated heterocycles. The minimum Gasteiger partial charge on any atom is -0.382 e. The number of carbonyl (C=O) groups excluding carboxylic acids is 1. The van der Waals surface area contributed by atoms with Gasteiger partial charge in [0.1, 0.15) is 6.07 Å². The fraction of sp³-hybridized carbons (Fsp3) is 0.481. The average molecular weight is 566 g/mol. The number of piperazine rings is 1. The van der Waals surface area contributed by atoms with E-state index < -0.39 is 11.7 Å². The molecule has 1 amide bonds. The maximum atomic E-state index is 12.8. The molecule has 4 rings (SSSR count). The van der Waals surface area contributed by atoms with Gasteiger partial charge in [-0.1, -0.05) is 23.5 Å². The quantitative estimate of drug-likeness (QED) is 0.318. The molecule has 38 heavy (non-hydrogen) atoms. The van der Waals surface area contributed by atoms with Crippen LogP contribution >= 0.6 is 23.5 Å². The zero-order chi connectivity index (χ0) is 27.1. The third-order valence-electron chi connectivity index (χ3n) is 6.92. The molecule has 0 saturated carbocycles. The van der Waals surface area contributed by atoms with Crippen molar-refractivity contribution in [3.05, 3.63) is 58.6 Å². The van der Waals surface area contributed by atoms with Gasteiger partial charge in [-0.15, -0.1) is 0 Å². The molecule has 2 aromatic rings. The Morgan fingerprint density at radius 3 is 2.34 bits per heavy atom. The summed E-state index contributed by atoms with van der Waals surface area (Å²) in [5.74, 6) is 1.06. The normalized spacial score (nSPS) is 17.3. The predicted molar refractivity (Wildman–Crippen MR) is 146 cm³/mol. The summed E-state index contributed by atoms with van der Waals surface area (Å²) in [6, 6.07) is 13.0. The Bertz CT molecular complexity index is 1130. The lowest BCUT2D eigenvalue weighted by Gasteiger charge is -2.35. The standard InChI is InChI=1S/C27H31ClF3N5OS/c28-25-18-23(6-3-20(25)19-32)33-22-9-11-35(12-10-22)26(37)2-1-17-38-36-15-13-34(14-16-36)24-7-4-21(5-8-24)27(29,30)31/h3-8,18,22,33H,1-2,9-17H2. The molecule has 0 aromatic heterocycles. The highest BCUT2D eigenvalue weighted by atomic mass is 35.5. The Hall–Kier alpha value is -2.61. The van der Waals surface area contributed by atoms with Gasteiger partial charge in [0.2, 0.25) is 5.91 Å². The van der Waals surface area contributed by atoms with Crippen molar-refractivity contribution >= 4 is 40.8 Å². The Labute approximate surface area is 230 Å². The molecule has 11 heteroatoms. The highest BCUT2D eigenvalue weighted by Gasteiger charge is 2.30. The Morgan fingerprint density at radius 2 is 1.74 bits per heavy atom. The van der Waals surface area contributed by atoms with Crippen LogP contribution in [0.5, 0.6) is 0 Å². The molecule has 6 nitrogen and oxygen atoms in total. The Kier molecular flexibility index (Phi) is 9.69. The summed E-state index contributed by atoms with van der Waals surface area (Å²) in [4.78, 5) is 16.7. The van der Waals surface area contributed by atoms with Gasteiger partial charge in [-0.05, 0) is 61.7 Å². The molecule has 2 heterocycles. The average Bonchev–Trinajstić information content (AvgIpc) is 2.91. The first-order valence-electron chi connectivity index (χ1n) is 12.8. The molecule has 0 spiro atoms. The van der Waals surface area contributed by atoms with E-state index in [9.17, 15) is 18.0 Å². The molecule has 0 aliphatic carbocycles. The summed E-state index contributed by atoms with van der Waals surface area (Å²) < 4.78 is 40.6. The van der Waals surface area contributed by atoms with Gasteiger partial charge in [0.25, 0.3) is 0 Å². The molecule has 2 aromatic carbocycles. The lowest BCUT2D eigenvalue weighted by molar-refractivity contribution is -0.137. The number of amides is 1. The zero-order valence-corrected chi connectivity index (χ0v) is 22.6. The summed E-state index contributed by atoms with van der Waals surface area (Å²) in [5, 5.41) is 12.9. The molecule has 0 atom stereocenters. The fourth-order valence-corrected chi connectivity index (χ4v) is 5.89. The minimum absolute atomic E-state index is 0.192. The molecule has 204 valence electrons. The van der Waals surface area contributed by atoms with Crippen molar-refractivity contribution < 1.29 is 18.0 Å². The van der Waals surface area contributed by atoms with Crippen LogP contribution in [0.3, 0.4) is 0 Å². The van der Waals surface area contributed by atoms with E-state index in [2.05, 4.69) is 20.6 Å². The van der Waals surface area contributed by atoms with E-state index in [1.165, 1.54) is 0 Å². The number of halogens is 4. The Morgan fingerprint density at radius 1 is 1.05 bits per heavy atom. The second-order valence-corrected chi connectivity index (χ2v) is 11.1. The van der Waals surface area contributed by atoms with Gasteiger partial charge < -0.3 is 15.1 Å². The van der Waals surface area contributed by atoms with E-state index in [-0.39, 0.29) is 11.9 Å². The van der Waals surface area contributed by atoms with Crippen LogP contribution in [-0.4, -0.2) is 66.2 Å². The van der Waals surface area contributed by atoms with Crippen molar-refractivity contribution in [3.63, 3.8) is 0 Å². The number of piperidine rings is 1. The number of anilines is 2. The maximum Gasteiger partial charge on any atom is 0.416 e. The summed E-state index contributed by atoms with van der Waals surface area (Å²) in [5.41, 5.74) is 1.53. The summed E-state index contributed by atoms with van der Waals surface area (Å²) in [7, 11) is 0. The molecular weight excluding hydrogens is 535 g/mol. The first-order valence-corrected chi connectivity index (χ1v) is 14.1. The van der Waals surface area contributed by atoms with Crippen LogP contribution in [0.2, 0.25) is 5.02 Å². The van der Waals surface area contributed by atoms with Crippen LogP contribution in [0.15, 0.2) is 42.5 Å². The molecule has 2 aliphatic heterocycles. The SMILES string of the molecule is N#Cc1ccc(NC2CCN(C(=O)CCCSN3CCN(c4ccc(C(F)(F)F)cc4)CC3)CC2)cc1Cl. The largest absolute Gasteiger partial charge is 0.416 e. The van der Waals surface area contributed by atoms with Crippen LogP contribution < -0.4 is 10.2 Å². The van der Waals surface area contributed by atoms with Crippen molar-refractivity contribution in [2.75, 3.05) is 55.2 Å². The number of hydrogen-bond donors (Lipinski definition) is 1. The number of nitrogens with zero attached hydrogens (tertiary/aromatic N) is 4. The van der Waals surface area contributed by atoms with Gasteiger partial charge in [-0.2, -0.15) is 18.4 Å². The van der Waals surface area contributed by atoms with Crippen molar-refractivity contribution in [3.8, 4) is 6.07 Å². The summed E-state index contributed by atoms with van der Waals surface area (Å²) >= 11 is 7.86. The van der Waals surface area contributed by atoms with E-state index in [0.29, 0.717) is 17.0 Å². The Balaban J connectivity index is 1.09. The second-order valence-electron chi connectivity index (χ2n) is 9.50. The maximum absolute atomic E-state index is 12.8. The minimum atomic E-state index is -4.31. The monoisotopic (exact) mass is 565 g/mol. The van der Waals surface area contributed by atoms with Crippen LogP contribution in [0.25, 0.3) is 0 Å². The lowest BCUT2D eigenvalue weighted by atomic mass is 10.0. The first kappa shape index (κ1) is 28.4. The number of alkyl halides is 3. The number of hydrogen-bond acceptors (Lipinski definition) is 6. The van der Waals surface area contributed by atoms with E-state index in [1.54, 1.807) is 36.2 Å². The van der Waals surface area contributed by atoms with E-state index in [4.69, 9.17) is 16.9 Å². The summed E-state index contributed by atoms with van der Waals surface area (Å²) in [6.07, 6.45) is -1.25. The van der Waals surface area contributed by atoms with Crippen molar-refractivity contribution in [1.82, 2.24) is 9.21 Å². The van der Waals surface area contributed by atoms with Gasteiger partial charge in [0, 0.05) is 68.9 Å². The zero-order valence-electron chi connectivity index (χ0n) is 21.0. The molecule has 0 bridgehead atoms. The summed E-state index contributed by atoms with van der Waals surface area (Å²) in [6.45, 7) is 4.61. The number of carbonyl (C=O) groups is 1. The number of benzene rings is 2. The van der Waals surface area contributed by atoms with Crippen molar-refractivity contribution in [2.24, 2.45) is 0 Å². The van der Waals surface area contributed by atoms with Crippen LogP contribution in [0, 0.1) is 11.3 Å².